The fourth-order valence-electron chi connectivity index (χ4n) is 1.82. The zero-order valence-electron chi connectivity index (χ0n) is 12.4. The van der Waals surface area contributed by atoms with Gasteiger partial charge in [-0.25, -0.2) is 17.2 Å². The Kier molecular flexibility index (Phi) is 5.53. The maximum Gasteiger partial charge on any atom is 0.242 e. The van der Waals surface area contributed by atoms with Crippen LogP contribution >= 0.6 is 11.6 Å². The zero-order chi connectivity index (χ0) is 17.9. The number of nitrogens with one attached hydrogen (secondary N) is 2. The lowest BCUT2D eigenvalue weighted by atomic mass is 10.2. The molecule has 2 aromatic carbocycles. The number of carbonyl (C=O) groups is 1. The van der Waals surface area contributed by atoms with Crippen LogP contribution in [0.1, 0.15) is 6.92 Å². The molecule has 0 aromatic heterocycles. The van der Waals surface area contributed by atoms with Gasteiger partial charge in [0.25, 0.3) is 0 Å². The van der Waals surface area contributed by atoms with Crippen LogP contribution in [0.4, 0.5) is 14.5 Å². The van der Waals surface area contributed by atoms with Gasteiger partial charge in [0.1, 0.15) is 17.3 Å². The fourth-order valence-corrected chi connectivity index (χ4v) is 3.15. The van der Waals surface area contributed by atoms with Crippen LogP contribution in [0.3, 0.4) is 0 Å². The molecule has 128 valence electrons. The Labute approximate surface area is 142 Å². The molecule has 0 aliphatic rings. The minimum atomic E-state index is -3.99. The second kappa shape index (κ2) is 7.25. The van der Waals surface area contributed by atoms with E-state index in [0.717, 1.165) is 18.2 Å². The summed E-state index contributed by atoms with van der Waals surface area (Å²) in [7, 11) is -3.99. The number of anilines is 1. The highest BCUT2D eigenvalue weighted by molar-refractivity contribution is 7.89. The monoisotopic (exact) mass is 374 g/mol. The van der Waals surface area contributed by atoms with Crippen LogP contribution in [0.5, 0.6) is 0 Å². The van der Waals surface area contributed by atoms with Crippen LogP contribution in [0.2, 0.25) is 5.02 Å². The van der Waals surface area contributed by atoms with Gasteiger partial charge in [0.2, 0.25) is 15.9 Å². The van der Waals surface area contributed by atoms with E-state index in [1.54, 1.807) is 0 Å². The normalized spacial score (nSPS) is 12.7. The Morgan fingerprint density at radius 2 is 1.62 bits per heavy atom. The van der Waals surface area contributed by atoms with Crippen LogP contribution in [-0.4, -0.2) is 20.4 Å². The quantitative estimate of drug-likeness (QED) is 0.845. The van der Waals surface area contributed by atoms with Crippen LogP contribution in [0.15, 0.2) is 47.4 Å². The molecule has 0 bridgehead atoms. The Morgan fingerprint density at radius 1 is 1.08 bits per heavy atom. The third-order valence-electron chi connectivity index (χ3n) is 3.06. The largest absolute Gasteiger partial charge is 0.320 e. The third-order valence-corrected chi connectivity index (χ3v) is 4.87. The molecule has 0 fully saturated rings. The van der Waals surface area contributed by atoms with E-state index in [2.05, 4.69) is 4.72 Å². The predicted octanol–water partition coefficient (Wildman–Crippen LogP) is 2.92. The number of sulfonamides is 1. The maximum absolute atomic E-state index is 13.5. The Balaban J connectivity index is 2.12. The average molecular weight is 375 g/mol. The summed E-state index contributed by atoms with van der Waals surface area (Å²) in [6.07, 6.45) is 0. The van der Waals surface area contributed by atoms with Crippen molar-refractivity contribution in [1.29, 1.82) is 0 Å². The predicted molar refractivity (Wildman–Crippen MR) is 86.2 cm³/mol. The van der Waals surface area contributed by atoms with E-state index in [-0.39, 0.29) is 4.90 Å². The molecular weight excluding hydrogens is 362 g/mol. The average Bonchev–Trinajstić information content (AvgIpc) is 2.51. The number of benzene rings is 2. The van der Waals surface area contributed by atoms with E-state index in [4.69, 9.17) is 11.6 Å². The summed E-state index contributed by atoms with van der Waals surface area (Å²) in [5, 5.41) is 2.38. The topological polar surface area (TPSA) is 75.3 Å². The molecule has 0 heterocycles. The molecule has 1 atom stereocenters. The van der Waals surface area contributed by atoms with E-state index in [1.165, 1.54) is 31.2 Å². The molecule has 2 aromatic rings. The highest BCUT2D eigenvalue weighted by Crippen LogP contribution is 2.18. The van der Waals surface area contributed by atoms with Gasteiger partial charge < -0.3 is 5.32 Å². The van der Waals surface area contributed by atoms with Crippen LogP contribution in [0.25, 0.3) is 0 Å². The molecule has 0 spiro atoms. The van der Waals surface area contributed by atoms with Crippen molar-refractivity contribution in [2.24, 2.45) is 0 Å². The van der Waals surface area contributed by atoms with Crippen molar-refractivity contribution in [2.45, 2.75) is 17.9 Å². The SMILES string of the molecule is CC(NS(=O)(=O)c1ccc(Cl)cc1)C(=O)Nc1c(F)cccc1F. The van der Waals surface area contributed by atoms with Crippen LogP contribution in [-0.2, 0) is 14.8 Å². The molecule has 0 aliphatic carbocycles. The highest BCUT2D eigenvalue weighted by atomic mass is 35.5. The van der Waals surface area contributed by atoms with E-state index < -0.39 is 39.3 Å². The van der Waals surface area contributed by atoms with Gasteiger partial charge in [-0.1, -0.05) is 17.7 Å². The highest BCUT2D eigenvalue weighted by Gasteiger charge is 2.23. The first-order valence-electron chi connectivity index (χ1n) is 6.73. The molecular formula is C15H13ClF2N2O3S. The van der Waals surface area contributed by atoms with E-state index in [1.807, 2.05) is 5.32 Å². The number of hydrogen-bond acceptors (Lipinski definition) is 3. The second-order valence-electron chi connectivity index (χ2n) is 4.88. The molecule has 1 unspecified atom stereocenters. The lowest BCUT2D eigenvalue weighted by Crippen LogP contribution is -2.41. The summed E-state index contributed by atoms with van der Waals surface area (Å²) in [6.45, 7) is 1.25. The maximum atomic E-state index is 13.5. The molecule has 5 nitrogen and oxygen atoms in total. The minimum absolute atomic E-state index is 0.0939. The van der Waals surface area contributed by atoms with Crippen molar-refractivity contribution >= 4 is 33.2 Å². The fraction of sp³-hybridized carbons (Fsp3) is 0.133. The van der Waals surface area contributed by atoms with Crippen molar-refractivity contribution in [3.63, 3.8) is 0 Å². The molecule has 0 saturated heterocycles. The summed E-state index contributed by atoms with van der Waals surface area (Å²) in [5.74, 6) is -2.83. The number of halogens is 3. The van der Waals surface area contributed by atoms with Gasteiger partial charge >= 0.3 is 0 Å². The molecule has 1 amide bonds. The van der Waals surface area contributed by atoms with E-state index >= 15 is 0 Å². The van der Waals surface area contributed by atoms with Gasteiger partial charge in [0, 0.05) is 5.02 Å². The molecule has 0 radical (unpaired) electrons. The Morgan fingerprint density at radius 3 is 2.17 bits per heavy atom. The first kappa shape index (κ1) is 18.3. The lowest BCUT2D eigenvalue weighted by Gasteiger charge is -2.15. The van der Waals surface area contributed by atoms with Gasteiger partial charge in [0.05, 0.1) is 10.9 Å². The molecule has 2 N–H and O–H groups in total. The number of amides is 1. The van der Waals surface area contributed by atoms with E-state index in [9.17, 15) is 22.0 Å². The van der Waals surface area contributed by atoms with Gasteiger partial charge in [-0.15, -0.1) is 0 Å². The van der Waals surface area contributed by atoms with Crippen LogP contribution in [0, 0.1) is 11.6 Å². The summed E-state index contributed by atoms with van der Waals surface area (Å²) in [4.78, 5) is 11.9. The standard InChI is InChI=1S/C15H13ClF2N2O3S/c1-9(15(21)19-14-12(17)3-2-4-13(14)18)20-24(22,23)11-7-5-10(16)6-8-11/h2-9,20H,1H3,(H,19,21). The second-order valence-corrected chi connectivity index (χ2v) is 7.03. The molecule has 9 heteroatoms. The Bertz CT molecular complexity index is 837. The first-order chi connectivity index (χ1) is 11.2. The number of carbonyl (C=O) groups excluding carboxylic acids is 1. The van der Waals surface area contributed by atoms with Gasteiger partial charge in [-0.2, -0.15) is 4.72 Å². The van der Waals surface area contributed by atoms with Crippen molar-refractivity contribution < 1.29 is 22.0 Å². The van der Waals surface area contributed by atoms with E-state index in [0.29, 0.717) is 5.02 Å². The summed E-state index contributed by atoms with van der Waals surface area (Å²) >= 11 is 5.69. The third kappa shape index (κ3) is 4.28. The molecule has 0 saturated carbocycles. The number of rotatable bonds is 5. The smallest absolute Gasteiger partial charge is 0.242 e. The Hall–Kier alpha value is -2.03. The summed E-state index contributed by atoms with van der Waals surface area (Å²) < 4.78 is 53.5. The van der Waals surface area contributed by atoms with Crippen molar-refractivity contribution in [3.8, 4) is 0 Å². The molecule has 2 rings (SSSR count). The number of para-hydroxylation sites is 1. The number of hydrogen-bond donors (Lipinski definition) is 2. The van der Waals surface area contributed by atoms with Gasteiger partial charge in [-0.05, 0) is 43.3 Å². The van der Waals surface area contributed by atoms with Crippen molar-refractivity contribution in [1.82, 2.24) is 4.72 Å². The summed E-state index contributed by atoms with van der Waals surface area (Å²) in [5.41, 5.74) is -0.639. The lowest BCUT2D eigenvalue weighted by molar-refractivity contribution is -0.117. The van der Waals surface area contributed by atoms with Gasteiger partial charge in [-0.3, -0.25) is 4.79 Å². The molecule has 24 heavy (non-hydrogen) atoms. The van der Waals surface area contributed by atoms with Gasteiger partial charge in [0.15, 0.2) is 0 Å². The van der Waals surface area contributed by atoms with Crippen LogP contribution < -0.4 is 10.0 Å². The van der Waals surface area contributed by atoms with Crippen molar-refractivity contribution in [3.05, 3.63) is 59.1 Å². The summed E-state index contributed by atoms with van der Waals surface area (Å²) in [6, 6.07) is 7.14. The first-order valence-corrected chi connectivity index (χ1v) is 8.59. The van der Waals surface area contributed by atoms with Crippen molar-refractivity contribution in [2.75, 3.05) is 5.32 Å². The minimum Gasteiger partial charge on any atom is -0.320 e. The zero-order valence-corrected chi connectivity index (χ0v) is 14.0. The molecule has 0 aliphatic heterocycles.